The number of aromatic nitrogens is 1. The van der Waals surface area contributed by atoms with Crippen LogP contribution in [0.5, 0.6) is 11.5 Å². The molecule has 1 heterocycles. The molecule has 0 unspecified atom stereocenters. The van der Waals surface area contributed by atoms with Crippen molar-refractivity contribution in [3.63, 3.8) is 0 Å². The van der Waals surface area contributed by atoms with Crippen LogP contribution in [0.2, 0.25) is 5.02 Å². The molecule has 0 bridgehead atoms. The Morgan fingerprint density at radius 1 is 1.22 bits per heavy atom. The van der Waals surface area contributed by atoms with Crippen molar-refractivity contribution in [2.75, 3.05) is 0 Å². The van der Waals surface area contributed by atoms with E-state index in [2.05, 4.69) is 4.98 Å². The van der Waals surface area contributed by atoms with Crippen molar-refractivity contribution in [2.24, 2.45) is 0 Å². The van der Waals surface area contributed by atoms with Gasteiger partial charge in [-0.15, -0.1) is 0 Å². The number of hydrogen-bond donors (Lipinski definition) is 1. The van der Waals surface area contributed by atoms with Gasteiger partial charge in [0.2, 0.25) is 0 Å². The highest BCUT2D eigenvalue weighted by Crippen LogP contribution is 2.25. The Labute approximate surface area is 111 Å². The fourth-order valence-corrected chi connectivity index (χ4v) is 1.63. The van der Waals surface area contributed by atoms with Gasteiger partial charge in [0, 0.05) is 5.02 Å². The van der Waals surface area contributed by atoms with Crippen LogP contribution in [0.25, 0.3) is 0 Å². The molecule has 94 valence electrons. The van der Waals surface area contributed by atoms with Crippen LogP contribution < -0.4 is 4.74 Å². The normalized spacial score (nSPS) is 12.2. The first-order valence-electron chi connectivity index (χ1n) is 5.64. The molecule has 0 amide bonds. The molecule has 0 saturated heterocycles. The number of pyridine rings is 1. The Bertz CT molecular complexity index is 538. The summed E-state index contributed by atoms with van der Waals surface area (Å²) in [6, 6.07) is 8.98. The quantitative estimate of drug-likeness (QED) is 0.914. The maximum Gasteiger partial charge on any atom is 0.145 e. The summed E-state index contributed by atoms with van der Waals surface area (Å²) in [6.07, 6.45) is 1.02. The van der Waals surface area contributed by atoms with E-state index in [1.807, 2.05) is 13.0 Å². The molecule has 0 radical (unpaired) electrons. The third kappa shape index (κ3) is 3.00. The summed E-state index contributed by atoms with van der Waals surface area (Å²) in [5.41, 5.74) is 1.58. The summed E-state index contributed by atoms with van der Waals surface area (Å²) in [7, 11) is 0. The van der Waals surface area contributed by atoms with Gasteiger partial charge in [0.05, 0.1) is 18.0 Å². The van der Waals surface area contributed by atoms with Gasteiger partial charge in [-0.2, -0.15) is 0 Å². The van der Waals surface area contributed by atoms with Crippen molar-refractivity contribution >= 4 is 11.6 Å². The molecule has 4 heteroatoms. The molecule has 0 spiro atoms. The molecular weight excluding hydrogens is 250 g/mol. The molecule has 1 aromatic carbocycles. The van der Waals surface area contributed by atoms with Crippen molar-refractivity contribution in [2.45, 2.75) is 20.0 Å². The summed E-state index contributed by atoms with van der Waals surface area (Å²) in [6.45, 7) is 3.59. The number of aliphatic hydroxyl groups is 1. The molecule has 0 aliphatic rings. The van der Waals surface area contributed by atoms with E-state index in [1.165, 1.54) is 0 Å². The van der Waals surface area contributed by atoms with Gasteiger partial charge in [-0.25, -0.2) is 0 Å². The predicted octanol–water partition coefficient (Wildman–Crippen LogP) is 3.89. The van der Waals surface area contributed by atoms with Crippen LogP contribution in [-0.2, 0) is 0 Å². The molecule has 0 fully saturated rings. The fraction of sp³-hybridized carbons (Fsp3) is 0.214. The van der Waals surface area contributed by atoms with Crippen LogP contribution in [-0.4, -0.2) is 10.1 Å². The van der Waals surface area contributed by atoms with Crippen LogP contribution in [0.4, 0.5) is 0 Å². The van der Waals surface area contributed by atoms with E-state index < -0.39 is 6.10 Å². The number of halogens is 1. The Kier molecular flexibility index (Phi) is 3.84. The Balaban J connectivity index is 2.15. The Hall–Kier alpha value is -1.58. The standard InChI is InChI=1S/C14H14ClNO2/c1-9-7-11(3-5-13(9)15)18-12-4-6-14(10(2)17)16-8-12/h3-8,10,17H,1-2H3/t10-/m0/s1. The molecule has 1 atom stereocenters. The highest BCUT2D eigenvalue weighted by Gasteiger charge is 2.04. The van der Waals surface area contributed by atoms with E-state index in [1.54, 1.807) is 37.4 Å². The SMILES string of the molecule is Cc1cc(Oc2ccc([C@H](C)O)nc2)ccc1Cl. The van der Waals surface area contributed by atoms with Gasteiger partial charge >= 0.3 is 0 Å². The third-order valence-electron chi connectivity index (χ3n) is 2.55. The molecule has 3 nitrogen and oxygen atoms in total. The fourth-order valence-electron chi connectivity index (χ4n) is 1.52. The summed E-state index contributed by atoms with van der Waals surface area (Å²) in [4.78, 5) is 4.11. The lowest BCUT2D eigenvalue weighted by molar-refractivity contribution is 0.194. The summed E-state index contributed by atoms with van der Waals surface area (Å²) >= 11 is 5.94. The zero-order valence-corrected chi connectivity index (χ0v) is 11.0. The predicted molar refractivity (Wildman–Crippen MR) is 71.1 cm³/mol. The van der Waals surface area contributed by atoms with Crippen LogP contribution in [0.15, 0.2) is 36.5 Å². The lowest BCUT2D eigenvalue weighted by Crippen LogP contribution is -1.95. The number of benzene rings is 1. The van der Waals surface area contributed by atoms with Crippen LogP contribution in [0, 0.1) is 6.92 Å². The van der Waals surface area contributed by atoms with Crippen molar-refractivity contribution < 1.29 is 9.84 Å². The van der Waals surface area contributed by atoms with Gasteiger partial charge in [0.1, 0.15) is 11.5 Å². The second-order valence-electron chi connectivity index (χ2n) is 4.11. The van der Waals surface area contributed by atoms with Gasteiger partial charge in [-0.05, 0) is 49.7 Å². The molecule has 1 N–H and O–H groups in total. The van der Waals surface area contributed by atoms with E-state index in [0.29, 0.717) is 22.2 Å². The second kappa shape index (κ2) is 5.38. The van der Waals surface area contributed by atoms with Crippen LogP contribution in [0.1, 0.15) is 24.3 Å². The van der Waals surface area contributed by atoms with E-state index in [0.717, 1.165) is 5.56 Å². The minimum Gasteiger partial charge on any atom is -0.456 e. The Morgan fingerprint density at radius 2 is 1.94 bits per heavy atom. The summed E-state index contributed by atoms with van der Waals surface area (Å²) < 4.78 is 5.65. The third-order valence-corrected chi connectivity index (χ3v) is 2.98. The zero-order chi connectivity index (χ0) is 13.1. The minimum atomic E-state index is -0.572. The average Bonchev–Trinajstić information content (AvgIpc) is 2.34. The molecule has 1 aromatic heterocycles. The number of aryl methyl sites for hydroxylation is 1. The number of nitrogens with zero attached hydrogens (tertiary/aromatic N) is 1. The number of hydrogen-bond acceptors (Lipinski definition) is 3. The minimum absolute atomic E-state index is 0.572. The molecule has 2 aromatic rings. The van der Waals surface area contributed by atoms with Crippen molar-refractivity contribution in [3.8, 4) is 11.5 Å². The molecule has 0 saturated carbocycles. The van der Waals surface area contributed by atoms with Gasteiger partial charge < -0.3 is 9.84 Å². The van der Waals surface area contributed by atoms with Crippen molar-refractivity contribution in [1.29, 1.82) is 0 Å². The number of ether oxygens (including phenoxy) is 1. The molecule has 2 rings (SSSR count). The van der Waals surface area contributed by atoms with Crippen molar-refractivity contribution in [3.05, 3.63) is 52.8 Å². The molecular formula is C14H14ClNO2. The number of rotatable bonds is 3. The highest BCUT2D eigenvalue weighted by molar-refractivity contribution is 6.31. The lowest BCUT2D eigenvalue weighted by Gasteiger charge is -2.08. The lowest BCUT2D eigenvalue weighted by atomic mass is 10.2. The smallest absolute Gasteiger partial charge is 0.145 e. The first-order valence-corrected chi connectivity index (χ1v) is 6.02. The van der Waals surface area contributed by atoms with E-state index >= 15 is 0 Å². The number of aliphatic hydroxyl groups excluding tert-OH is 1. The highest BCUT2D eigenvalue weighted by atomic mass is 35.5. The van der Waals surface area contributed by atoms with Gasteiger partial charge in [-0.3, -0.25) is 4.98 Å². The van der Waals surface area contributed by atoms with Gasteiger partial charge in [-0.1, -0.05) is 11.6 Å². The monoisotopic (exact) mass is 263 g/mol. The second-order valence-corrected chi connectivity index (χ2v) is 4.51. The molecule has 0 aliphatic carbocycles. The molecule has 18 heavy (non-hydrogen) atoms. The summed E-state index contributed by atoms with van der Waals surface area (Å²) in [5.74, 6) is 1.34. The molecule has 0 aliphatic heterocycles. The van der Waals surface area contributed by atoms with E-state index in [4.69, 9.17) is 16.3 Å². The maximum absolute atomic E-state index is 9.35. The van der Waals surface area contributed by atoms with Crippen LogP contribution in [0.3, 0.4) is 0 Å². The van der Waals surface area contributed by atoms with Gasteiger partial charge in [0.15, 0.2) is 0 Å². The topological polar surface area (TPSA) is 42.4 Å². The first-order chi connectivity index (χ1) is 8.56. The average molecular weight is 264 g/mol. The summed E-state index contributed by atoms with van der Waals surface area (Å²) in [5, 5.41) is 10.1. The van der Waals surface area contributed by atoms with Gasteiger partial charge in [0.25, 0.3) is 0 Å². The van der Waals surface area contributed by atoms with E-state index in [9.17, 15) is 5.11 Å². The maximum atomic E-state index is 9.35. The first kappa shape index (κ1) is 12.9. The van der Waals surface area contributed by atoms with Crippen molar-refractivity contribution in [1.82, 2.24) is 4.98 Å². The zero-order valence-electron chi connectivity index (χ0n) is 10.2. The van der Waals surface area contributed by atoms with Crippen LogP contribution >= 0.6 is 11.6 Å². The Morgan fingerprint density at radius 3 is 2.50 bits per heavy atom. The largest absolute Gasteiger partial charge is 0.456 e. The van der Waals surface area contributed by atoms with E-state index in [-0.39, 0.29) is 0 Å².